The maximum atomic E-state index is 5.65. The Morgan fingerprint density at radius 3 is 2.50 bits per heavy atom. The summed E-state index contributed by atoms with van der Waals surface area (Å²) >= 11 is 0. The molecule has 0 radical (unpaired) electrons. The molecule has 0 aliphatic heterocycles. The molecule has 0 amide bonds. The van der Waals surface area contributed by atoms with E-state index in [1.165, 1.54) is 16.7 Å². The second-order valence-electron chi connectivity index (χ2n) is 4.90. The first-order valence-corrected chi connectivity index (χ1v) is 6.97. The van der Waals surface area contributed by atoms with E-state index in [-0.39, 0.29) is 6.10 Å². The highest BCUT2D eigenvalue weighted by molar-refractivity contribution is 5.36. The van der Waals surface area contributed by atoms with Crippen molar-refractivity contribution in [2.45, 2.75) is 52.7 Å². The van der Waals surface area contributed by atoms with Gasteiger partial charge in [-0.3, -0.25) is 0 Å². The van der Waals surface area contributed by atoms with Crippen LogP contribution in [0, 0.1) is 13.8 Å². The van der Waals surface area contributed by atoms with Crippen molar-refractivity contribution in [2.75, 3.05) is 13.7 Å². The summed E-state index contributed by atoms with van der Waals surface area (Å²) in [5.41, 5.74) is 4.10. The number of hydrogen-bond acceptors (Lipinski definition) is 2. The minimum Gasteiger partial charge on any atom is -0.379 e. The number of hydrogen-bond donors (Lipinski definition) is 1. The van der Waals surface area contributed by atoms with Crippen LogP contribution in [0.3, 0.4) is 0 Å². The lowest BCUT2D eigenvalue weighted by Crippen LogP contribution is -2.34. The van der Waals surface area contributed by atoms with E-state index < -0.39 is 0 Å². The van der Waals surface area contributed by atoms with Crippen LogP contribution >= 0.6 is 0 Å². The summed E-state index contributed by atoms with van der Waals surface area (Å²) in [6.07, 6.45) is 2.39. The molecule has 1 aromatic rings. The van der Waals surface area contributed by atoms with Crippen molar-refractivity contribution in [2.24, 2.45) is 0 Å². The maximum absolute atomic E-state index is 5.65. The lowest BCUT2D eigenvalue weighted by atomic mass is 9.93. The van der Waals surface area contributed by atoms with E-state index >= 15 is 0 Å². The molecule has 0 heterocycles. The van der Waals surface area contributed by atoms with Crippen LogP contribution in [0.4, 0.5) is 0 Å². The maximum Gasteiger partial charge on any atom is 0.0763 e. The Balaban J connectivity index is 3.04. The molecule has 2 unspecified atom stereocenters. The van der Waals surface area contributed by atoms with Gasteiger partial charge < -0.3 is 10.1 Å². The van der Waals surface area contributed by atoms with Gasteiger partial charge in [0.05, 0.1) is 12.1 Å². The minimum absolute atomic E-state index is 0.233. The summed E-state index contributed by atoms with van der Waals surface area (Å²) in [7, 11) is 1.81. The third-order valence-electron chi connectivity index (χ3n) is 3.67. The number of nitrogens with one attached hydrogen (secondary N) is 1. The molecule has 18 heavy (non-hydrogen) atoms. The zero-order valence-corrected chi connectivity index (χ0v) is 12.4. The van der Waals surface area contributed by atoms with Crippen LogP contribution < -0.4 is 5.32 Å². The lowest BCUT2D eigenvalue weighted by molar-refractivity contribution is 0.0649. The number of benzene rings is 1. The molecule has 1 N–H and O–H groups in total. The summed E-state index contributed by atoms with van der Waals surface area (Å²) in [5, 5.41) is 3.63. The third kappa shape index (κ3) is 3.56. The fourth-order valence-corrected chi connectivity index (χ4v) is 2.39. The molecule has 102 valence electrons. The van der Waals surface area contributed by atoms with Crippen molar-refractivity contribution >= 4 is 0 Å². The van der Waals surface area contributed by atoms with Gasteiger partial charge >= 0.3 is 0 Å². The SMILES string of the molecule is CCCNC(c1cccc(C)c1C)C(CC)OC. The van der Waals surface area contributed by atoms with Crippen molar-refractivity contribution < 1.29 is 4.74 Å². The molecule has 0 fully saturated rings. The number of methoxy groups -OCH3 is 1. The molecule has 2 atom stereocenters. The van der Waals surface area contributed by atoms with E-state index in [4.69, 9.17) is 4.74 Å². The van der Waals surface area contributed by atoms with Crippen molar-refractivity contribution in [3.8, 4) is 0 Å². The van der Waals surface area contributed by atoms with E-state index in [9.17, 15) is 0 Å². The van der Waals surface area contributed by atoms with E-state index in [2.05, 4.69) is 51.2 Å². The largest absolute Gasteiger partial charge is 0.379 e. The highest BCUT2D eigenvalue weighted by atomic mass is 16.5. The molecule has 0 aliphatic carbocycles. The second-order valence-corrected chi connectivity index (χ2v) is 4.90. The van der Waals surface area contributed by atoms with Gasteiger partial charge in [0.25, 0.3) is 0 Å². The van der Waals surface area contributed by atoms with Crippen molar-refractivity contribution in [3.63, 3.8) is 0 Å². The Kier molecular flexibility index (Phi) is 6.37. The molecular formula is C16H27NO. The Hall–Kier alpha value is -0.860. The summed E-state index contributed by atoms with van der Waals surface area (Å²) in [6.45, 7) is 9.77. The number of aryl methyl sites for hydroxylation is 1. The minimum atomic E-state index is 0.233. The normalized spacial score (nSPS) is 14.5. The van der Waals surface area contributed by atoms with E-state index in [1.807, 2.05) is 0 Å². The van der Waals surface area contributed by atoms with Gasteiger partial charge in [-0.1, -0.05) is 32.0 Å². The highest BCUT2D eigenvalue weighted by Crippen LogP contribution is 2.26. The molecule has 0 saturated heterocycles. The van der Waals surface area contributed by atoms with Gasteiger partial charge in [-0.25, -0.2) is 0 Å². The predicted octanol–water partition coefficient (Wildman–Crippen LogP) is 3.77. The Labute approximate surface area is 112 Å². The fraction of sp³-hybridized carbons (Fsp3) is 0.625. The monoisotopic (exact) mass is 249 g/mol. The topological polar surface area (TPSA) is 21.3 Å². The summed E-state index contributed by atoms with van der Waals surface area (Å²) in [4.78, 5) is 0. The van der Waals surface area contributed by atoms with Crippen LogP contribution in [0.1, 0.15) is 49.4 Å². The fourth-order valence-electron chi connectivity index (χ4n) is 2.39. The first-order valence-electron chi connectivity index (χ1n) is 6.97. The van der Waals surface area contributed by atoms with Gasteiger partial charge in [0.15, 0.2) is 0 Å². The van der Waals surface area contributed by atoms with E-state index in [0.29, 0.717) is 6.04 Å². The van der Waals surface area contributed by atoms with Gasteiger partial charge in [0, 0.05) is 7.11 Å². The first-order chi connectivity index (χ1) is 8.65. The Morgan fingerprint density at radius 1 is 1.22 bits per heavy atom. The highest BCUT2D eigenvalue weighted by Gasteiger charge is 2.22. The molecule has 0 bridgehead atoms. The van der Waals surface area contributed by atoms with Gasteiger partial charge in [0.1, 0.15) is 0 Å². The average molecular weight is 249 g/mol. The Bertz CT molecular complexity index is 358. The predicted molar refractivity (Wildman–Crippen MR) is 78.0 cm³/mol. The lowest BCUT2D eigenvalue weighted by Gasteiger charge is -2.28. The quantitative estimate of drug-likeness (QED) is 0.794. The molecule has 0 aromatic heterocycles. The standard InChI is InChI=1S/C16H27NO/c1-6-11-17-16(15(7-2)18-5)14-10-8-9-12(3)13(14)4/h8-10,15-17H,6-7,11H2,1-5H3. The molecule has 2 nitrogen and oxygen atoms in total. The summed E-state index contributed by atoms with van der Waals surface area (Å²) < 4.78 is 5.65. The van der Waals surface area contributed by atoms with Crippen molar-refractivity contribution in [3.05, 3.63) is 34.9 Å². The summed E-state index contributed by atoms with van der Waals surface area (Å²) in [5.74, 6) is 0. The van der Waals surface area contributed by atoms with Crippen LogP contribution in [0.25, 0.3) is 0 Å². The smallest absolute Gasteiger partial charge is 0.0763 e. The van der Waals surface area contributed by atoms with Gasteiger partial charge in [-0.05, 0) is 49.9 Å². The zero-order chi connectivity index (χ0) is 13.5. The molecule has 0 aliphatic rings. The Morgan fingerprint density at radius 2 is 1.94 bits per heavy atom. The van der Waals surface area contributed by atoms with Crippen molar-refractivity contribution in [1.29, 1.82) is 0 Å². The van der Waals surface area contributed by atoms with Gasteiger partial charge in [-0.15, -0.1) is 0 Å². The molecule has 0 spiro atoms. The molecular weight excluding hydrogens is 222 g/mol. The van der Waals surface area contributed by atoms with Crippen molar-refractivity contribution in [1.82, 2.24) is 5.32 Å². The van der Waals surface area contributed by atoms with Gasteiger partial charge in [-0.2, -0.15) is 0 Å². The van der Waals surface area contributed by atoms with Gasteiger partial charge in [0.2, 0.25) is 0 Å². The summed E-state index contributed by atoms with van der Waals surface area (Å²) in [6, 6.07) is 6.82. The molecule has 2 heteroatoms. The van der Waals surface area contributed by atoms with E-state index in [1.54, 1.807) is 7.11 Å². The zero-order valence-electron chi connectivity index (χ0n) is 12.4. The number of rotatable bonds is 7. The van der Waals surface area contributed by atoms with Crippen LogP contribution in [0.5, 0.6) is 0 Å². The van der Waals surface area contributed by atoms with Crippen LogP contribution in [0.15, 0.2) is 18.2 Å². The average Bonchev–Trinajstić information content (AvgIpc) is 2.38. The van der Waals surface area contributed by atoms with Crippen LogP contribution in [-0.4, -0.2) is 19.8 Å². The second kappa shape index (κ2) is 7.55. The van der Waals surface area contributed by atoms with Crippen LogP contribution in [-0.2, 0) is 4.74 Å². The molecule has 1 aromatic carbocycles. The number of ether oxygens (including phenoxy) is 1. The van der Waals surface area contributed by atoms with Crippen LogP contribution in [0.2, 0.25) is 0 Å². The first kappa shape index (κ1) is 15.2. The van der Waals surface area contributed by atoms with E-state index in [0.717, 1.165) is 19.4 Å². The molecule has 0 saturated carbocycles. The molecule has 1 rings (SSSR count). The third-order valence-corrected chi connectivity index (χ3v) is 3.67.